The lowest BCUT2D eigenvalue weighted by atomic mass is 10.2. The number of nitrogens with zero attached hydrogens (tertiary/aromatic N) is 1. The molecule has 4 heteroatoms. The second kappa shape index (κ2) is 6.27. The van der Waals surface area contributed by atoms with Crippen LogP contribution in [-0.2, 0) is 6.54 Å². The highest BCUT2D eigenvalue weighted by atomic mass is 35.5. The predicted octanol–water partition coefficient (Wildman–Crippen LogP) is 4.26. The van der Waals surface area contributed by atoms with Crippen molar-refractivity contribution in [3.05, 3.63) is 53.1 Å². The van der Waals surface area contributed by atoms with Crippen molar-refractivity contribution in [3.8, 4) is 5.75 Å². The van der Waals surface area contributed by atoms with Crippen LogP contribution in [0.15, 0.2) is 42.5 Å². The van der Waals surface area contributed by atoms with Crippen LogP contribution in [0.5, 0.6) is 5.75 Å². The zero-order chi connectivity index (χ0) is 14.7. The van der Waals surface area contributed by atoms with Gasteiger partial charge in [-0.05, 0) is 49.2 Å². The lowest BCUT2D eigenvalue weighted by Crippen LogP contribution is -2.17. The van der Waals surface area contributed by atoms with Gasteiger partial charge < -0.3 is 15.3 Å². The van der Waals surface area contributed by atoms with Gasteiger partial charge in [0.25, 0.3) is 0 Å². The Morgan fingerprint density at radius 2 is 1.76 bits per heavy atom. The van der Waals surface area contributed by atoms with Crippen molar-refractivity contribution in [2.75, 3.05) is 23.3 Å². The molecular weight excluding hydrogens is 284 g/mol. The van der Waals surface area contributed by atoms with E-state index in [9.17, 15) is 5.11 Å². The third kappa shape index (κ3) is 3.24. The van der Waals surface area contributed by atoms with Crippen molar-refractivity contribution in [1.82, 2.24) is 0 Å². The number of phenols is 1. The van der Waals surface area contributed by atoms with Crippen molar-refractivity contribution in [2.45, 2.75) is 19.4 Å². The van der Waals surface area contributed by atoms with Crippen LogP contribution >= 0.6 is 11.6 Å². The van der Waals surface area contributed by atoms with Crippen LogP contribution in [0.4, 0.5) is 11.4 Å². The largest absolute Gasteiger partial charge is 0.508 e. The second-order valence-electron chi connectivity index (χ2n) is 5.33. The molecule has 1 aliphatic rings. The number of aromatic hydroxyl groups is 1. The highest BCUT2D eigenvalue weighted by molar-refractivity contribution is 6.31. The first-order chi connectivity index (χ1) is 10.2. The Morgan fingerprint density at radius 1 is 1.05 bits per heavy atom. The first-order valence-corrected chi connectivity index (χ1v) is 7.67. The first kappa shape index (κ1) is 14.1. The van der Waals surface area contributed by atoms with E-state index in [4.69, 9.17) is 11.6 Å². The molecule has 0 bridgehead atoms. The highest BCUT2D eigenvalue weighted by Gasteiger charge is 2.12. The van der Waals surface area contributed by atoms with Crippen molar-refractivity contribution in [2.24, 2.45) is 0 Å². The molecule has 1 saturated heterocycles. The van der Waals surface area contributed by atoms with Crippen molar-refractivity contribution < 1.29 is 5.11 Å². The summed E-state index contributed by atoms with van der Waals surface area (Å²) in [7, 11) is 0. The summed E-state index contributed by atoms with van der Waals surface area (Å²) in [4.78, 5) is 2.41. The molecule has 2 aromatic carbocycles. The molecule has 0 saturated carbocycles. The molecule has 1 aliphatic heterocycles. The lowest BCUT2D eigenvalue weighted by molar-refractivity contribution is 0.469. The van der Waals surface area contributed by atoms with E-state index in [1.54, 1.807) is 18.2 Å². The maximum atomic E-state index is 9.83. The van der Waals surface area contributed by atoms with Crippen LogP contribution in [-0.4, -0.2) is 18.2 Å². The first-order valence-electron chi connectivity index (χ1n) is 7.29. The molecule has 2 N–H and O–H groups in total. The molecule has 0 aliphatic carbocycles. The van der Waals surface area contributed by atoms with Crippen molar-refractivity contribution in [3.63, 3.8) is 0 Å². The van der Waals surface area contributed by atoms with Gasteiger partial charge in [0, 0.05) is 41.6 Å². The zero-order valence-corrected chi connectivity index (χ0v) is 12.6. The topological polar surface area (TPSA) is 35.5 Å². The number of rotatable bonds is 4. The van der Waals surface area contributed by atoms with Crippen LogP contribution in [0.1, 0.15) is 18.4 Å². The monoisotopic (exact) mass is 302 g/mol. The molecule has 0 unspecified atom stereocenters. The molecule has 21 heavy (non-hydrogen) atoms. The summed E-state index contributed by atoms with van der Waals surface area (Å²) < 4.78 is 0. The van der Waals surface area contributed by atoms with Gasteiger partial charge in [0.1, 0.15) is 5.75 Å². The minimum absolute atomic E-state index is 0.226. The van der Waals surface area contributed by atoms with Crippen molar-refractivity contribution in [1.29, 1.82) is 0 Å². The number of anilines is 2. The molecule has 3 nitrogen and oxygen atoms in total. The fraction of sp³-hybridized carbons (Fsp3) is 0.294. The van der Waals surface area contributed by atoms with E-state index < -0.39 is 0 Å². The van der Waals surface area contributed by atoms with Gasteiger partial charge >= 0.3 is 0 Å². The third-order valence-electron chi connectivity index (χ3n) is 3.90. The summed E-state index contributed by atoms with van der Waals surface area (Å²) in [6.45, 7) is 2.81. The average Bonchev–Trinajstić information content (AvgIpc) is 3.02. The van der Waals surface area contributed by atoms with Gasteiger partial charge in [-0.15, -0.1) is 0 Å². The molecule has 1 heterocycles. The van der Waals surface area contributed by atoms with E-state index in [2.05, 4.69) is 34.5 Å². The Balaban J connectivity index is 1.65. The zero-order valence-electron chi connectivity index (χ0n) is 11.8. The van der Waals surface area contributed by atoms with Gasteiger partial charge in [0.15, 0.2) is 0 Å². The Morgan fingerprint density at radius 3 is 2.43 bits per heavy atom. The normalized spacial score (nSPS) is 14.4. The van der Waals surface area contributed by atoms with E-state index in [0.717, 1.165) is 24.3 Å². The van der Waals surface area contributed by atoms with Crippen molar-refractivity contribution >= 4 is 23.0 Å². The van der Waals surface area contributed by atoms with Crippen LogP contribution in [0.3, 0.4) is 0 Å². The summed E-state index contributed by atoms with van der Waals surface area (Å²) in [5, 5.41) is 13.7. The molecule has 0 aromatic heterocycles. The Bertz CT molecular complexity index is 586. The minimum Gasteiger partial charge on any atom is -0.508 e. The van der Waals surface area contributed by atoms with E-state index >= 15 is 0 Å². The summed E-state index contributed by atoms with van der Waals surface area (Å²) in [5.41, 5.74) is 3.03. The van der Waals surface area contributed by atoms with Crippen LogP contribution in [0.2, 0.25) is 5.02 Å². The summed E-state index contributed by atoms with van der Waals surface area (Å²) in [6.07, 6.45) is 2.57. The number of nitrogens with one attached hydrogen (secondary N) is 1. The van der Waals surface area contributed by atoms with E-state index in [1.165, 1.54) is 18.5 Å². The number of halogens is 1. The molecular formula is C17H19ClN2O. The number of hydrogen-bond acceptors (Lipinski definition) is 3. The SMILES string of the molecule is Oc1cccc(Cl)c1CNc1ccc(N2CCCC2)cc1. The summed E-state index contributed by atoms with van der Waals surface area (Å²) >= 11 is 6.10. The van der Waals surface area contributed by atoms with Crippen LogP contribution < -0.4 is 10.2 Å². The molecule has 0 atom stereocenters. The van der Waals surface area contributed by atoms with Gasteiger partial charge in [-0.3, -0.25) is 0 Å². The quantitative estimate of drug-likeness (QED) is 0.886. The third-order valence-corrected chi connectivity index (χ3v) is 4.26. The Kier molecular flexibility index (Phi) is 4.20. The molecule has 0 amide bonds. The number of phenolic OH excluding ortho intramolecular Hbond substituents is 1. The molecule has 3 rings (SSSR count). The maximum Gasteiger partial charge on any atom is 0.122 e. The molecule has 110 valence electrons. The van der Waals surface area contributed by atoms with E-state index in [1.807, 2.05) is 0 Å². The lowest BCUT2D eigenvalue weighted by Gasteiger charge is -2.18. The van der Waals surface area contributed by atoms with Gasteiger partial charge in [-0.1, -0.05) is 17.7 Å². The predicted molar refractivity (Wildman–Crippen MR) is 88.3 cm³/mol. The summed E-state index contributed by atoms with van der Waals surface area (Å²) in [5.74, 6) is 0.226. The average molecular weight is 303 g/mol. The fourth-order valence-electron chi connectivity index (χ4n) is 2.68. The molecule has 0 radical (unpaired) electrons. The Labute approximate surface area is 130 Å². The fourth-order valence-corrected chi connectivity index (χ4v) is 2.91. The van der Waals surface area contributed by atoms with Gasteiger partial charge in [0.05, 0.1) is 0 Å². The maximum absolute atomic E-state index is 9.83. The van der Waals surface area contributed by atoms with E-state index in [-0.39, 0.29) is 5.75 Å². The highest BCUT2D eigenvalue weighted by Crippen LogP contribution is 2.27. The number of hydrogen-bond donors (Lipinski definition) is 2. The standard InChI is InChI=1S/C17H19ClN2O/c18-16-4-3-5-17(21)15(16)12-19-13-6-8-14(9-7-13)20-10-1-2-11-20/h3-9,19,21H,1-2,10-12H2. The second-order valence-corrected chi connectivity index (χ2v) is 5.74. The minimum atomic E-state index is 0.226. The van der Waals surface area contributed by atoms with Gasteiger partial charge in [0.2, 0.25) is 0 Å². The van der Waals surface area contributed by atoms with Crippen LogP contribution in [0.25, 0.3) is 0 Å². The van der Waals surface area contributed by atoms with E-state index in [0.29, 0.717) is 11.6 Å². The van der Waals surface area contributed by atoms with Gasteiger partial charge in [-0.25, -0.2) is 0 Å². The van der Waals surface area contributed by atoms with Crippen LogP contribution in [0, 0.1) is 0 Å². The molecule has 0 spiro atoms. The molecule has 2 aromatic rings. The Hall–Kier alpha value is -1.87. The molecule has 1 fully saturated rings. The van der Waals surface area contributed by atoms with Gasteiger partial charge in [-0.2, -0.15) is 0 Å². The summed E-state index contributed by atoms with van der Waals surface area (Å²) in [6, 6.07) is 13.6. The number of benzene rings is 2. The smallest absolute Gasteiger partial charge is 0.122 e.